The van der Waals surface area contributed by atoms with Crippen molar-refractivity contribution in [1.29, 1.82) is 0 Å². The molecule has 0 fully saturated rings. The van der Waals surface area contributed by atoms with Crippen molar-refractivity contribution >= 4 is 34.0 Å². The summed E-state index contributed by atoms with van der Waals surface area (Å²) < 4.78 is 11.7. The number of benzene rings is 3. The molecule has 0 heterocycles. The molecule has 34 heavy (non-hydrogen) atoms. The van der Waals surface area contributed by atoms with E-state index >= 15 is 0 Å². The van der Waals surface area contributed by atoms with Gasteiger partial charge in [0.2, 0.25) is 0 Å². The van der Waals surface area contributed by atoms with Crippen LogP contribution in [0.2, 0.25) is 0 Å². The van der Waals surface area contributed by atoms with Crippen molar-refractivity contribution < 1.29 is 19.1 Å². The molecule has 2 N–H and O–H groups in total. The maximum absolute atomic E-state index is 12.3. The lowest BCUT2D eigenvalue weighted by molar-refractivity contribution is -0.122. The number of methoxy groups -OCH3 is 1. The first-order valence-electron chi connectivity index (χ1n) is 10.6. The Hall–Kier alpha value is -3.65. The predicted octanol–water partition coefficient (Wildman–Crippen LogP) is 4.61. The average Bonchev–Trinajstić information content (AvgIpc) is 2.84. The van der Waals surface area contributed by atoms with Crippen LogP contribution in [-0.4, -0.2) is 31.2 Å². The van der Waals surface area contributed by atoms with Gasteiger partial charge < -0.3 is 14.8 Å². The summed E-state index contributed by atoms with van der Waals surface area (Å²) in [5.74, 6) is 0.556. The van der Waals surface area contributed by atoms with E-state index in [0.29, 0.717) is 23.7 Å². The number of nitrogens with zero attached hydrogens (tertiary/aromatic N) is 1. The molecule has 3 aromatic carbocycles. The van der Waals surface area contributed by atoms with Crippen molar-refractivity contribution in [1.82, 2.24) is 10.7 Å². The predicted molar refractivity (Wildman–Crippen MR) is 135 cm³/mol. The van der Waals surface area contributed by atoms with E-state index in [0.717, 1.165) is 15.6 Å². The minimum Gasteiger partial charge on any atom is -0.497 e. The SMILES string of the molecule is COc1ccc(C(=O)NC(C)C(=O)NN=Cc2ccc(OCc3ccc(C)cc3)c(Br)c2)cc1. The zero-order valence-corrected chi connectivity index (χ0v) is 20.8. The van der Waals surface area contributed by atoms with Gasteiger partial charge in [0, 0.05) is 5.56 Å². The Morgan fingerprint density at radius 1 is 1.06 bits per heavy atom. The number of amides is 2. The number of hydrogen-bond donors (Lipinski definition) is 2. The van der Waals surface area contributed by atoms with Crippen molar-refractivity contribution in [2.45, 2.75) is 26.5 Å². The van der Waals surface area contributed by atoms with Crippen molar-refractivity contribution in [3.05, 3.63) is 93.5 Å². The summed E-state index contributed by atoms with van der Waals surface area (Å²) in [4.78, 5) is 24.6. The van der Waals surface area contributed by atoms with Gasteiger partial charge in [0.1, 0.15) is 24.1 Å². The maximum Gasteiger partial charge on any atom is 0.262 e. The van der Waals surface area contributed by atoms with E-state index in [1.165, 1.54) is 11.8 Å². The van der Waals surface area contributed by atoms with E-state index in [-0.39, 0.29) is 5.91 Å². The molecule has 0 spiro atoms. The van der Waals surface area contributed by atoms with Crippen molar-refractivity contribution in [2.75, 3.05) is 7.11 Å². The third kappa shape index (κ3) is 7.18. The van der Waals surface area contributed by atoms with Crippen LogP contribution in [0.1, 0.15) is 34.0 Å². The van der Waals surface area contributed by atoms with Gasteiger partial charge in [-0.15, -0.1) is 0 Å². The maximum atomic E-state index is 12.3. The number of carbonyl (C=O) groups is 2. The van der Waals surface area contributed by atoms with Crippen LogP contribution < -0.4 is 20.2 Å². The highest BCUT2D eigenvalue weighted by Crippen LogP contribution is 2.26. The Kier molecular flexibility index (Phi) is 8.81. The Bertz CT molecular complexity index is 1160. The topological polar surface area (TPSA) is 89.0 Å². The highest BCUT2D eigenvalue weighted by molar-refractivity contribution is 9.10. The summed E-state index contributed by atoms with van der Waals surface area (Å²) >= 11 is 3.51. The van der Waals surface area contributed by atoms with E-state index in [9.17, 15) is 9.59 Å². The summed E-state index contributed by atoms with van der Waals surface area (Å²) in [5.41, 5.74) is 5.92. The number of halogens is 1. The molecule has 3 aromatic rings. The van der Waals surface area contributed by atoms with Crippen LogP contribution in [0.5, 0.6) is 11.5 Å². The molecule has 0 saturated carbocycles. The van der Waals surface area contributed by atoms with Gasteiger partial charge in [-0.3, -0.25) is 9.59 Å². The lowest BCUT2D eigenvalue weighted by Crippen LogP contribution is -2.43. The minimum absolute atomic E-state index is 0.362. The average molecular weight is 524 g/mol. The van der Waals surface area contributed by atoms with E-state index in [1.54, 1.807) is 38.3 Å². The van der Waals surface area contributed by atoms with E-state index < -0.39 is 11.9 Å². The number of hydrogen-bond acceptors (Lipinski definition) is 5. The number of carbonyl (C=O) groups excluding carboxylic acids is 2. The molecule has 2 amide bonds. The molecule has 0 saturated heterocycles. The third-order valence-electron chi connectivity index (χ3n) is 4.95. The number of rotatable bonds is 9. The molecular weight excluding hydrogens is 498 g/mol. The van der Waals surface area contributed by atoms with Crippen LogP contribution in [0.4, 0.5) is 0 Å². The molecule has 7 nitrogen and oxygen atoms in total. The van der Waals surface area contributed by atoms with Gasteiger partial charge in [-0.05, 0) is 83.4 Å². The highest BCUT2D eigenvalue weighted by atomic mass is 79.9. The Labute approximate surface area is 207 Å². The number of hydrazone groups is 1. The van der Waals surface area contributed by atoms with Gasteiger partial charge >= 0.3 is 0 Å². The standard InChI is InChI=1S/C26H26BrN3O4/c1-17-4-6-19(7-5-17)16-34-24-13-8-20(14-23(24)27)15-28-30-25(31)18(2)29-26(32)21-9-11-22(33-3)12-10-21/h4-15,18H,16H2,1-3H3,(H,29,32)(H,30,31). The lowest BCUT2D eigenvalue weighted by atomic mass is 10.2. The first-order valence-corrected chi connectivity index (χ1v) is 11.4. The smallest absolute Gasteiger partial charge is 0.262 e. The molecule has 0 aliphatic rings. The first kappa shape index (κ1) is 25.0. The fraction of sp³-hybridized carbons (Fsp3) is 0.192. The van der Waals surface area contributed by atoms with Gasteiger partial charge in [0.15, 0.2) is 0 Å². The van der Waals surface area contributed by atoms with Crippen LogP contribution >= 0.6 is 15.9 Å². The molecule has 0 bridgehead atoms. The van der Waals surface area contributed by atoms with Crippen LogP contribution in [0.15, 0.2) is 76.3 Å². The number of nitrogens with one attached hydrogen (secondary N) is 2. The lowest BCUT2D eigenvalue weighted by Gasteiger charge is -2.12. The van der Waals surface area contributed by atoms with Crippen LogP contribution in [0.25, 0.3) is 0 Å². The molecule has 176 valence electrons. The van der Waals surface area contributed by atoms with Crippen LogP contribution in [0, 0.1) is 6.92 Å². The van der Waals surface area contributed by atoms with Gasteiger partial charge in [-0.25, -0.2) is 5.43 Å². The largest absolute Gasteiger partial charge is 0.497 e. The molecule has 3 rings (SSSR count). The quantitative estimate of drug-likeness (QED) is 0.316. The van der Waals surface area contributed by atoms with Gasteiger partial charge in [0.25, 0.3) is 11.8 Å². The number of ether oxygens (including phenoxy) is 2. The van der Waals surface area contributed by atoms with Crippen molar-refractivity contribution in [3.63, 3.8) is 0 Å². The molecule has 0 aliphatic heterocycles. The summed E-state index contributed by atoms with van der Waals surface area (Å²) in [6, 6.07) is 19.5. The van der Waals surface area contributed by atoms with Gasteiger partial charge in [-0.2, -0.15) is 5.10 Å². The second-order valence-corrected chi connectivity index (χ2v) is 8.48. The summed E-state index contributed by atoms with van der Waals surface area (Å²) in [6.07, 6.45) is 1.52. The molecule has 8 heteroatoms. The molecule has 1 atom stereocenters. The normalized spacial score (nSPS) is 11.6. The fourth-order valence-electron chi connectivity index (χ4n) is 2.92. The zero-order valence-electron chi connectivity index (χ0n) is 19.2. The van der Waals surface area contributed by atoms with Crippen LogP contribution in [-0.2, 0) is 11.4 Å². The Morgan fingerprint density at radius 3 is 2.41 bits per heavy atom. The molecule has 0 aliphatic carbocycles. The fourth-order valence-corrected chi connectivity index (χ4v) is 3.43. The second kappa shape index (κ2) is 12.0. The van der Waals surface area contributed by atoms with Crippen molar-refractivity contribution in [3.8, 4) is 11.5 Å². The van der Waals surface area contributed by atoms with Gasteiger partial charge in [-0.1, -0.05) is 29.8 Å². The van der Waals surface area contributed by atoms with E-state index in [2.05, 4.69) is 31.8 Å². The third-order valence-corrected chi connectivity index (χ3v) is 5.57. The Morgan fingerprint density at radius 2 is 1.76 bits per heavy atom. The van der Waals surface area contributed by atoms with E-state index in [4.69, 9.17) is 9.47 Å². The minimum atomic E-state index is -0.768. The van der Waals surface area contributed by atoms with Crippen LogP contribution in [0.3, 0.4) is 0 Å². The Balaban J connectivity index is 1.49. The molecule has 0 aromatic heterocycles. The molecule has 0 radical (unpaired) electrons. The number of aryl methyl sites for hydroxylation is 1. The highest BCUT2D eigenvalue weighted by Gasteiger charge is 2.16. The first-order chi connectivity index (χ1) is 16.4. The monoisotopic (exact) mass is 523 g/mol. The molecule has 1 unspecified atom stereocenters. The second-order valence-electron chi connectivity index (χ2n) is 7.62. The summed E-state index contributed by atoms with van der Waals surface area (Å²) in [5, 5.41) is 6.62. The zero-order chi connectivity index (χ0) is 24.5. The van der Waals surface area contributed by atoms with E-state index in [1.807, 2.05) is 49.4 Å². The summed E-state index contributed by atoms with van der Waals surface area (Å²) in [7, 11) is 1.55. The summed E-state index contributed by atoms with van der Waals surface area (Å²) in [6.45, 7) is 4.09. The molecular formula is C26H26BrN3O4. The van der Waals surface area contributed by atoms with Gasteiger partial charge in [0.05, 0.1) is 17.8 Å². The van der Waals surface area contributed by atoms with Crippen molar-refractivity contribution in [2.24, 2.45) is 5.10 Å².